The molecule has 0 N–H and O–H groups in total. The Morgan fingerprint density at radius 3 is 0.877 bits per heavy atom. The molecule has 6 aromatic rings. The molecule has 73 heavy (non-hydrogen) atoms. The smallest absolute Gasteiger partial charge is 0.418 e. The fraction of sp³-hybridized carbons (Fsp3) is 0.148. The first kappa shape index (κ1) is 63.8. The van der Waals surface area contributed by atoms with Crippen LogP contribution in [0, 0.1) is 104 Å². The Bertz CT molecular complexity index is 2150. The van der Waals surface area contributed by atoms with E-state index in [2.05, 4.69) is 292 Å². The Morgan fingerprint density at radius 2 is 0.671 bits per heavy atom. The van der Waals surface area contributed by atoms with Gasteiger partial charge in [-0.15, -0.1) is 0 Å². The van der Waals surface area contributed by atoms with E-state index < -0.39 is 23.1 Å². The van der Waals surface area contributed by atoms with E-state index in [1.807, 2.05) is 0 Å². The second kappa shape index (κ2) is 33.5. The van der Waals surface area contributed by atoms with Crippen molar-refractivity contribution in [1.82, 2.24) is 9.80 Å². The third-order valence-electron chi connectivity index (χ3n) is 11.1. The summed E-state index contributed by atoms with van der Waals surface area (Å²) in [4.78, 5) is 4.63. The zero-order valence-electron chi connectivity index (χ0n) is 42.2. The van der Waals surface area contributed by atoms with Crippen molar-refractivity contribution in [1.29, 1.82) is 5.26 Å². The number of hydrogen-bond acceptors (Lipinski definition) is 3. The standard InChI is InChI=1S/2C26H25NP.C7H9.C2H3N.BF4.Fe.Ru/c2*1-27(2)26(21-13-6-3-7-14-21)24-19-12-20-25(24)28(22-15-8-4-9-16-22)23-17-10-5-11-18-23;1-6-3-4-7(2)5-6;1-2-3;2-1(3,4)5;;/h2*3-20,26H,1-2H3;3-5H,1-2H3;1H3;;;/q;;;;-1;2*+2/t2*26-;;;;;/m11...../s1. The minimum Gasteiger partial charge on any atom is -0.418 e. The number of nitriles is 1. The summed E-state index contributed by atoms with van der Waals surface area (Å²) < 4.78 is 39.0. The molecule has 0 spiro atoms. The molecule has 0 amide bonds. The molecule has 0 heterocycles. The Labute approximate surface area is 463 Å². The summed E-state index contributed by atoms with van der Waals surface area (Å²) in [7, 11) is 1.47. The van der Waals surface area contributed by atoms with Gasteiger partial charge in [0.1, 0.15) is 0 Å². The van der Waals surface area contributed by atoms with Crippen LogP contribution in [0.15, 0.2) is 182 Å². The summed E-state index contributed by atoms with van der Waals surface area (Å²) in [6.45, 7) is 5.64. The molecule has 0 aromatic heterocycles. The van der Waals surface area contributed by atoms with E-state index in [1.165, 1.54) is 74.3 Å². The molecule has 9 rings (SSSR count). The molecule has 12 heteroatoms. The van der Waals surface area contributed by atoms with Crippen molar-refractivity contribution in [3.63, 3.8) is 0 Å². The minimum absolute atomic E-state index is 0. The molecule has 0 unspecified atom stereocenters. The Kier molecular flexibility index (Phi) is 29.3. The Hall–Kier alpha value is -3.48. The van der Waals surface area contributed by atoms with Gasteiger partial charge in [0.05, 0.1) is 6.07 Å². The van der Waals surface area contributed by atoms with E-state index in [0.29, 0.717) is 0 Å². The molecule has 3 saturated carbocycles. The average Bonchev–Trinajstić information content (AvgIpc) is 4.13. The molecule has 0 saturated heterocycles. The van der Waals surface area contributed by atoms with Crippen LogP contribution in [0.25, 0.3) is 0 Å². The number of nitrogens with zero attached hydrogens (tertiary/aromatic N) is 3. The molecule has 2 atom stereocenters. The van der Waals surface area contributed by atoms with Gasteiger partial charge in [0.15, 0.2) is 0 Å². The van der Waals surface area contributed by atoms with Crippen molar-refractivity contribution in [2.45, 2.75) is 32.9 Å². The van der Waals surface area contributed by atoms with Gasteiger partial charge in [-0.25, -0.2) is 0 Å². The molecule has 0 aliphatic heterocycles. The monoisotopic (exact) mass is 1140 g/mol. The summed E-state index contributed by atoms with van der Waals surface area (Å²) in [5.41, 5.74) is 5.54. The largest absolute Gasteiger partial charge is 2.00 e. The SMILES string of the molecule is CC#N.CN(C)[C@@H]([C]1[CH][CH][CH][C]1P(c1ccccc1)c1ccccc1)c1ccccc1.CN(C)[C@@H]([C]1[CH][CH][CH][C]1P(c1ccccc1)c1ccccc1)c1ccccc1.C[C]1[CH][CH][C](C)[CH]1.F[B-](F)(F)F.[Fe+2].[Ru+2]. The van der Waals surface area contributed by atoms with Gasteiger partial charge in [-0.3, -0.25) is 0 Å². The minimum atomic E-state index is -6.00. The molecule has 375 valence electrons. The molecule has 3 aliphatic carbocycles. The second-order valence-electron chi connectivity index (χ2n) is 17.0. The van der Waals surface area contributed by atoms with Gasteiger partial charge >= 0.3 is 43.8 Å². The van der Waals surface area contributed by atoms with Gasteiger partial charge < -0.3 is 27.1 Å². The van der Waals surface area contributed by atoms with Crippen molar-refractivity contribution < 1.29 is 53.8 Å². The maximum atomic E-state index is 9.75. The van der Waals surface area contributed by atoms with Crippen LogP contribution in [0.4, 0.5) is 17.3 Å². The molecule has 15 radical (unpaired) electrons. The van der Waals surface area contributed by atoms with E-state index in [1.54, 1.807) is 6.07 Å². The van der Waals surface area contributed by atoms with E-state index in [4.69, 9.17) is 5.26 Å². The normalized spacial score (nSPS) is 16.3. The summed E-state index contributed by atoms with van der Waals surface area (Å²) >= 11 is 0. The van der Waals surface area contributed by atoms with Crippen LogP contribution in [-0.2, 0) is 36.5 Å². The predicted molar refractivity (Wildman–Crippen MR) is 295 cm³/mol. The zero-order chi connectivity index (χ0) is 51.2. The Balaban J connectivity index is 0.000000295. The second-order valence-corrected chi connectivity index (χ2v) is 21.4. The van der Waals surface area contributed by atoms with Crippen LogP contribution in [0.2, 0.25) is 0 Å². The van der Waals surface area contributed by atoms with Gasteiger partial charge in [-0.05, 0) is 146 Å². The first-order chi connectivity index (χ1) is 34.2. The van der Waals surface area contributed by atoms with E-state index in [0.717, 1.165) is 0 Å². The summed E-state index contributed by atoms with van der Waals surface area (Å²) in [6, 6.07) is 67.6. The fourth-order valence-corrected chi connectivity index (χ4v) is 13.4. The maximum Gasteiger partial charge on any atom is 2.00 e. The molecular formula is C61H62BF4FeN3P2Ru+3. The van der Waals surface area contributed by atoms with Gasteiger partial charge in [0.2, 0.25) is 0 Å². The van der Waals surface area contributed by atoms with Crippen LogP contribution in [-0.4, -0.2) is 45.2 Å². The number of rotatable bonds is 12. The number of halogens is 4. The van der Waals surface area contributed by atoms with E-state index in [-0.39, 0.29) is 48.6 Å². The van der Waals surface area contributed by atoms with Crippen molar-refractivity contribution in [3.8, 4) is 6.07 Å². The van der Waals surface area contributed by atoms with Crippen LogP contribution in [0.3, 0.4) is 0 Å². The van der Waals surface area contributed by atoms with Crippen molar-refractivity contribution in [3.05, 3.63) is 286 Å². The number of benzene rings is 6. The number of hydrogen-bond donors (Lipinski definition) is 0. The quantitative estimate of drug-likeness (QED) is 0.0695. The van der Waals surface area contributed by atoms with Crippen LogP contribution >= 0.6 is 15.8 Å². The molecular weight excluding hydrogens is 1080 g/mol. The van der Waals surface area contributed by atoms with Crippen LogP contribution in [0.5, 0.6) is 0 Å². The molecule has 3 aliphatic rings. The topological polar surface area (TPSA) is 30.3 Å². The first-order valence-electron chi connectivity index (χ1n) is 23.3. The maximum absolute atomic E-state index is 9.75. The van der Waals surface area contributed by atoms with Crippen LogP contribution in [0.1, 0.15) is 44.0 Å². The zero-order valence-corrected chi connectivity index (χ0v) is 46.8. The van der Waals surface area contributed by atoms with Gasteiger partial charge in [0, 0.05) is 42.2 Å². The van der Waals surface area contributed by atoms with Crippen molar-refractivity contribution in [2.75, 3.05) is 28.2 Å². The third kappa shape index (κ3) is 20.5. The Morgan fingerprint density at radius 1 is 0.438 bits per heavy atom. The predicted octanol–water partition coefficient (Wildman–Crippen LogP) is 13.9. The van der Waals surface area contributed by atoms with Crippen LogP contribution < -0.4 is 21.2 Å². The molecule has 3 fully saturated rings. The summed E-state index contributed by atoms with van der Waals surface area (Å²) in [5, 5.41) is 12.9. The van der Waals surface area contributed by atoms with E-state index in [9.17, 15) is 17.3 Å². The van der Waals surface area contributed by atoms with Gasteiger partial charge in [-0.1, -0.05) is 196 Å². The summed E-state index contributed by atoms with van der Waals surface area (Å²) in [5.74, 6) is 5.51. The van der Waals surface area contributed by atoms with Gasteiger partial charge in [-0.2, -0.15) is 5.26 Å². The average molecular weight is 1140 g/mol. The van der Waals surface area contributed by atoms with Crippen molar-refractivity contribution >= 4 is 44.3 Å². The summed E-state index contributed by atoms with van der Waals surface area (Å²) in [6.07, 6.45) is 20.1. The molecule has 3 nitrogen and oxygen atoms in total. The fourth-order valence-electron chi connectivity index (χ4n) is 8.38. The first-order valence-corrected chi connectivity index (χ1v) is 26.0. The third-order valence-corrected chi connectivity index (χ3v) is 16.1. The molecule has 0 bridgehead atoms. The van der Waals surface area contributed by atoms with Gasteiger partial charge in [0.25, 0.3) is 0 Å². The van der Waals surface area contributed by atoms with Crippen molar-refractivity contribution in [2.24, 2.45) is 0 Å². The van der Waals surface area contributed by atoms with E-state index >= 15 is 0 Å². The molecule has 6 aromatic carbocycles.